The van der Waals surface area contributed by atoms with Gasteiger partial charge in [-0.1, -0.05) is 13.8 Å². The fourth-order valence-electron chi connectivity index (χ4n) is 1.94. The van der Waals surface area contributed by atoms with E-state index in [0.717, 1.165) is 12.2 Å². The average molecular weight is 262 g/mol. The number of carbonyl (C=O) groups is 1. The third-order valence-electron chi connectivity index (χ3n) is 2.78. The van der Waals surface area contributed by atoms with Crippen LogP contribution in [-0.4, -0.2) is 30.6 Å². The second kappa shape index (κ2) is 5.64. The van der Waals surface area contributed by atoms with Crippen LogP contribution in [0.3, 0.4) is 0 Å². The number of aromatic amines is 1. The monoisotopic (exact) mass is 262 g/mol. The van der Waals surface area contributed by atoms with Gasteiger partial charge in [0, 0.05) is 19.4 Å². The lowest BCUT2D eigenvalue weighted by Gasteiger charge is -2.19. The Kier molecular flexibility index (Phi) is 3.94. The van der Waals surface area contributed by atoms with Gasteiger partial charge in [-0.25, -0.2) is 9.97 Å². The normalized spacial score (nSPS) is 12.6. The zero-order valence-corrected chi connectivity index (χ0v) is 11.3. The molecule has 0 spiro atoms. The summed E-state index contributed by atoms with van der Waals surface area (Å²) < 4.78 is 1.68. The first-order valence-corrected chi connectivity index (χ1v) is 6.22. The van der Waals surface area contributed by atoms with Crippen LogP contribution in [0.4, 0.5) is 0 Å². The predicted octanol–water partition coefficient (Wildman–Crippen LogP) is 1.06. The van der Waals surface area contributed by atoms with Crippen LogP contribution in [0.2, 0.25) is 0 Å². The lowest BCUT2D eigenvalue weighted by molar-refractivity contribution is 0.0919. The molecule has 0 bridgehead atoms. The van der Waals surface area contributed by atoms with Crippen molar-refractivity contribution >= 4 is 5.91 Å². The van der Waals surface area contributed by atoms with Crippen molar-refractivity contribution in [3.05, 3.63) is 30.4 Å². The Labute approximate surface area is 111 Å². The number of aryl methyl sites for hydroxylation is 1. The van der Waals surface area contributed by atoms with Crippen LogP contribution < -0.4 is 5.32 Å². The molecule has 0 radical (unpaired) electrons. The Morgan fingerprint density at radius 3 is 2.79 bits per heavy atom. The number of nitrogens with one attached hydrogen (secondary N) is 2. The van der Waals surface area contributed by atoms with Gasteiger partial charge in [-0.05, 0) is 12.3 Å². The average Bonchev–Trinajstić information content (AvgIpc) is 2.97. The van der Waals surface area contributed by atoms with E-state index >= 15 is 0 Å². The highest BCUT2D eigenvalue weighted by Gasteiger charge is 2.21. The summed E-state index contributed by atoms with van der Waals surface area (Å²) in [6.07, 6.45) is 5.45. The fourth-order valence-corrected chi connectivity index (χ4v) is 1.94. The minimum atomic E-state index is -0.237. The van der Waals surface area contributed by atoms with Crippen molar-refractivity contribution in [3.63, 3.8) is 0 Å². The van der Waals surface area contributed by atoms with E-state index in [2.05, 4.69) is 39.2 Å². The maximum Gasteiger partial charge on any atom is 0.287 e. The summed E-state index contributed by atoms with van der Waals surface area (Å²) in [6, 6.07) is -0.176. The Balaban J connectivity index is 2.15. The van der Waals surface area contributed by atoms with E-state index in [4.69, 9.17) is 0 Å². The van der Waals surface area contributed by atoms with Gasteiger partial charge < -0.3 is 10.3 Å². The molecule has 0 aliphatic heterocycles. The van der Waals surface area contributed by atoms with Crippen molar-refractivity contribution in [2.45, 2.75) is 26.3 Å². The fraction of sp³-hybridized carbons (Fsp3) is 0.500. The van der Waals surface area contributed by atoms with Gasteiger partial charge in [0.2, 0.25) is 0 Å². The Morgan fingerprint density at radius 1 is 1.47 bits per heavy atom. The summed E-state index contributed by atoms with van der Waals surface area (Å²) in [5.74, 6) is 1.24. The highest BCUT2D eigenvalue weighted by Crippen LogP contribution is 2.19. The van der Waals surface area contributed by atoms with Crippen LogP contribution in [0.25, 0.3) is 0 Å². The molecule has 0 fully saturated rings. The standard InChI is InChI=1S/C12H18N6O/c1-8(2)6-9(11-15-7-16-18(11)3)17-12(19)10-13-4-5-14-10/h4-5,7-9H,6H2,1-3H3,(H,13,14)(H,17,19)/t9-/m0/s1. The molecule has 0 saturated heterocycles. The van der Waals surface area contributed by atoms with Gasteiger partial charge in [-0.15, -0.1) is 0 Å². The molecule has 102 valence electrons. The zero-order chi connectivity index (χ0) is 13.8. The summed E-state index contributed by atoms with van der Waals surface area (Å²) >= 11 is 0. The molecule has 2 rings (SSSR count). The van der Waals surface area contributed by atoms with E-state index in [1.807, 2.05) is 7.05 Å². The predicted molar refractivity (Wildman–Crippen MR) is 69.3 cm³/mol. The van der Waals surface area contributed by atoms with Crippen LogP contribution in [0.1, 0.15) is 42.8 Å². The number of nitrogens with zero attached hydrogens (tertiary/aromatic N) is 4. The van der Waals surface area contributed by atoms with Crippen molar-refractivity contribution in [1.82, 2.24) is 30.0 Å². The van der Waals surface area contributed by atoms with E-state index in [0.29, 0.717) is 11.7 Å². The van der Waals surface area contributed by atoms with Gasteiger partial charge >= 0.3 is 0 Å². The molecule has 2 heterocycles. The van der Waals surface area contributed by atoms with Crippen molar-refractivity contribution in [2.24, 2.45) is 13.0 Å². The van der Waals surface area contributed by atoms with Crippen molar-refractivity contribution in [1.29, 1.82) is 0 Å². The number of carbonyl (C=O) groups excluding carboxylic acids is 1. The molecule has 2 aromatic heterocycles. The van der Waals surface area contributed by atoms with E-state index in [1.165, 1.54) is 6.33 Å². The second-order valence-electron chi connectivity index (χ2n) is 4.84. The molecule has 19 heavy (non-hydrogen) atoms. The molecular weight excluding hydrogens is 244 g/mol. The number of amides is 1. The molecule has 1 amide bonds. The number of H-pyrrole nitrogens is 1. The Morgan fingerprint density at radius 2 is 2.26 bits per heavy atom. The van der Waals surface area contributed by atoms with Crippen LogP contribution in [-0.2, 0) is 7.05 Å². The minimum Gasteiger partial charge on any atom is -0.341 e. The lowest BCUT2D eigenvalue weighted by Crippen LogP contribution is -2.32. The third-order valence-corrected chi connectivity index (χ3v) is 2.78. The van der Waals surface area contributed by atoms with E-state index in [9.17, 15) is 4.79 Å². The molecular formula is C12H18N6O. The first-order valence-electron chi connectivity index (χ1n) is 6.22. The van der Waals surface area contributed by atoms with Gasteiger partial charge in [0.15, 0.2) is 5.82 Å². The van der Waals surface area contributed by atoms with Crippen LogP contribution >= 0.6 is 0 Å². The van der Waals surface area contributed by atoms with Crippen molar-refractivity contribution in [2.75, 3.05) is 0 Å². The third kappa shape index (κ3) is 3.18. The summed E-state index contributed by atoms with van der Waals surface area (Å²) in [7, 11) is 1.81. The molecule has 0 aliphatic rings. The first-order chi connectivity index (χ1) is 9.08. The molecule has 2 N–H and O–H groups in total. The number of imidazole rings is 1. The number of hydrogen-bond donors (Lipinski definition) is 2. The molecule has 2 aromatic rings. The van der Waals surface area contributed by atoms with E-state index in [-0.39, 0.29) is 11.9 Å². The molecule has 1 atom stereocenters. The number of aromatic nitrogens is 5. The highest BCUT2D eigenvalue weighted by atomic mass is 16.2. The van der Waals surface area contributed by atoms with Crippen molar-refractivity contribution in [3.8, 4) is 0 Å². The van der Waals surface area contributed by atoms with Gasteiger partial charge in [0.25, 0.3) is 5.91 Å². The molecule has 0 saturated carbocycles. The molecule has 7 nitrogen and oxygen atoms in total. The highest BCUT2D eigenvalue weighted by molar-refractivity contribution is 5.90. The van der Waals surface area contributed by atoms with Crippen LogP contribution in [0, 0.1) is 5.92 Å². The maximum atomic E-state index is 12.0. The van der Waals surface area contributed by atoms with Gasteiger partial charge in [0.1, 0.15) is 12.2 Å². The topological polar surface area (TPSA) is 88.5 Å². The maximum absolute atomic E-state index is 12.0. The summed E-state index contributed by atoms with van der Waals surface area (Å²) in [5, 5.41) is 6.98. The van der Waals surface area contributed by atoms with E-state index in [1.54, 1.807) is 17.1 Å². The zero-order valence-electron chi connectivity index (χ0n) is 11.3. The summed E-state index contributed by atoms with van der Waals surface area (Å²) in [6.45, 7) is 4.20. The summed E-state index contributed by atoms with van der Waals surface area (Å²) in [4.78, 5) is 23.0. The van der Waals surface area contributed by atoms with Crippen molar-refractivity contribution < 1.29 is 4.79 Å². The SMILES string of the molecule is CC(C)C[C@H](NC(=O)c1ncc[nH]1)c1ncnn1C. The van der Waals surface area contributed by atoms with Gasteiger partial charge in [0.05, 0.1) is 6.04 Å². The summed E-state index contributed by atoms with van der Waals surface area (Å²) in [5.41, 5.74) is 0. The van der Waals surface area contributed by atoms with Gasteiger partial charge in [-0.3, -0.25) is 9.48 Å². The largest absolute Gasteiger partial charge is 0.341 e. The smallest absolute Gasteiger partial charge is 0.287 e. The minimum absolute atomic E-state index is 0.176. The lowest BCUT2D eigenvalue weighted by atomic mass is 10.0. The number of hydrogen-bond acceptors (Lipinski definition) is 4. The van der Waals surface area contributed by atoms with E-state index < -0.39 is 0 Å². The number of rotatable bonds is 5. The van der Waals surface area contributed by atoms with Crippen LogP contribution in [0.5, 0.6) is 0 Å². The van der Waals surface area contributed by atoms with Gasteiger partial charge in [-0.2, -0.15) is 5.10 Å². The quantitative estimate of drug-likeness (QED) is 0.843. The molecule has 0 aliphatic carbocycles. The van der Waals surface area contributed by atoms with Crippen LogP contribution in [0.15, 0.2) is 18.7 Å². The Hall–Kier alpha value is -2.18. The Bertz CT molecular complexity index is 530. The molecule has 7 heteroatoms. The molecule has 0 aromatic carbocycles. The first kappa shape index (κ1) is 13.3. The second-order valence-corrected chi connectivity index (χ2v) is 4.84. The molecule has 0 unspecified atom stereocenters.